The summed E-state index contributed by atoms with van der Waals surface area (Å²) in [6.45, 7) is 6.64. The minimum Gasteiger partial charge on any atom is -0.464 e. The molecule has 0 spiro atoms. The van der Waals surface area contributed by atoms with Crippen LogP contribution in [0.1, 0.15) is 23.6 Å². The van der Waals surface area contributed by atoms with E-state index in [0.29, 0.717) is 18.8 Å². The molecule has 0 fully saturated rings. The van der Waals surface area contributed by atoms with Gasteiger partial charge in [-0.3, -0.25) is 9.69 Å². The molecule has 0 aliphatic rings. The summed E-state index contributed by atoms with van der Waals surface area (Å²) >= 11 is 3.36. The smallest absolute Gasteiger partial charge is 0.232 e. The van der Waals surface area contributed by atoms with Crippen molar-refractivity contribution >= 4 is 38.6 Å². The number of pyridine rings is 1. The molecule has 3 aromatic rings. The summed E-state index contributed by atoms with van der Waals surface area (Å²) in [5.41, 5.74) is 4.11. The normalized spacial score (nSPS) is 11.0. The number of amides is 1. The van der Waals surface area contributed by atoms with Crippen LogP contribution in [0.25, 0.3) is 11.0 Å². The third-order valence-corrected chi connectivity index (χ3v) is 4.69. The lowest BCUT2D eigenvalue weighted by molar-refractivity contribution is -0.118. The molecule has 2 aromatic heterocycles. The van der Waals surface area contributed by atoms with Crippen LogP contribution in [0.15, 0.2) is 45.6 Å². The highest BCUT2D eigenvalue weighted by Gasteiger charge is 2.18. The van der Waals surface area contributed by atoms with Gasteiger partial charge < -0.3 is 4.42 Å². The van der Waals surface area contributed by atoms with E-state index in [1.165, 1.54) is 11.1 Å². The molecular weight excluding hydrogens is 368 g/mol. The van der Waals surface area contributed by atoms with Crippen LogP contribution < -0.4 is 4.90 Å². The zero-order valence-electron chi connectivity index (χ0n) is 14.0. The van der Waals surface area contributed by atoms with Crippen molar-refractivity contribution in [3.05, 3.63) is 57.9 Å². The Morgan fingerprint density at radius 1 is 1.25 bits per heavy atom. The number of carbonyl (C=O) groups excluding carboxylic acids is 1. The van der Waals surface area contributed by atoms with E-state index < -0.39 is 0 Å². The van der Waals surface area contributed by atoms with E-state index in [9.17, 15) is 4.79 Å². The lowest BCUT2D eigenvalue weighted by Gasteiger charge is -2.19. The average molecular weight is 387 g/mol. The Morgan fingerprint density at radius 2 is 2.00 bits per heavy atom. The molecule has 0 radical (unpaired) electrons. The number of likely N-dealkylation sites (N-methyl/N-ethyl adjacent to an activating group) is 1. The molecule has 24 heavy (non-hydrogen) atoms. The zero-order chi connectivity index (χ0) is 17.3. The number of aryl methyl sites for hydroxylation is 2. The molecule has 0 atom stereocenters. The van der Waals surface area contributed by atoms with Crippen LogP contribution in [0.4, 0.5) is 5.82 Å². The topological polar surface area (TPSA) is 46.3 Å². The van der Waals surface area contributed by atoms with Gasteiger partial charge in [-0.1, -0.05) is 0 Å². The minimum absolute atomic E-state index is 0.00764. The van der Waals surface area contributed by atoms with Gasteiger partial charge in [-0.2, -0.15) is 0 Å². The van der Waals surface area contributed by atoms with Crippen LogP contribution in [-0.2, 0) is 11.2 Å². The summed E-state index contributed by atoms with van der Waals surface area (Å²) in [6, 6.07) is 7.83. The first-order valence-corrected chi connectivity index (χ1v) is 8.68. The number of nitrogens with zero attached hydrogens (tertiary/aromatic N) is 2. The minimum atomic E-state index is 0.00764. The third-order valence-electron chi connectivity index (χ3n) is 4.22. The Bertz CT molecular complexity index is 884. The average Bonchev–Trinajstić information content (AvgIpc) is 2.92. The van der Waals surface area contributed by atoms with Gasteiger partial charge in [-0.15, -0.1) is 0 Å². The molecule has 1 amide bonds. The highest BCUT2D eigenvalue weighted by molar-refractivity contribution is 9.10. The lowest BCUT2D eigenvalue weighted by Crippen LogP contribution is -2.32. The van der Waals surface area contributed by atoms with Crippen LogP contribution in [0.2, 0.25) is 0 Å². The van der Waals surface area contributed by atoms with Crippen LogP contribution in [0.5, 0.6) is 0 Å². The highest BCUT2D eigenvalue weighted by atomic mass is 79.9. The molecular formula is C19H19BrN2O2. The summed E-state index contributed by atoms with van der Waals surface area (Å²) in [4.78, 5) is 18.8. The number of anilines is 1. The summed E-state index contributed by atoms with van der Waals surface area (Å²) in [7, 11) is 0. The molecule has 0 N–H and O–H groups in total. The molecule has 0 bridgehead atoms. The first kappa shape index (κ1) is 16.7. The van der Waals surface area contributed by atoms with E-state index in [0.717, 1.165) is 21.0 Å². The van der Waals surface area contributed by atoms with Crippen LogP contribution >= 0.6 is 15.9 Å². The van der Waals surface area contributed by atoms with Gasteiger partial charge in [-0.25, -0.2) is 4.98 Å². The number of carbonyl (C=O) groups is 1. The van der Waals surface area contributed by atoms with Gasteiger partial charge in [0.05, 0.1) is 12.7 Å². The van der Waals surface area contributed by atoms with E-state index in [2.05, 4.69) is 40.8 Å². The summed E-state index contributed by atoms with van der Waals surface area (Å²) in [5, 5.41) is 1.01. The molecule has 3 rings (SSSR count). The number of hydrogen-bond donors (Lipinski definition) is 0. The van der Waals surface area contributed by atoms with Crippen LogP contribution in [0, 0.1) is 13.8 Å². The van der Waals surface area contributed by atoms with E-state index in [1.54, 1.807) is 17.4 Å². The monoisotopic (exact) mass is 386 g/mol. The van der Waals surface area contributed by atoms with Crippen molar-refractivity contribution in [2.45, 2.75) is 27.2 Å². The fourth-order valence-corrected chi connectivity index (χ4v) is 2.96. The maximum Gasteiger partial charge on any atom is 0.232 e. The van der Waals surface area contributed by atoms with Crippen LogP contribution in [-0.4, -0.2) is 17.4 Å². The summed E-state index contributed by atoms with van der Waals surface area (Å²) < 4.78 is 6.52. The van der Waals surface area contributed by atoms with Crippen molar-refractivity contribution in [1.29, 1.82) is 0 Å². The van der Waals surface area contributed by atoms with Crippen LogP contribution in [0.3, 0.4) is 0 Å². The number of halogens is 1. The Morgan fingerprint density at radius 3 is 2.67 bits per heavy atom. The predicted octanol–water partition coefficient (Wildman–Crippen LogP) is 4.80. The molecule has 0 aliphatic heterocycles. The van der Waals surface area contributed by atoms with Gasteiger partial charge in [0.25, 0.3) is 0 Å². The number of fused-ring (bicyclic) bond motifs is 1. The van der Waals surface area contributed by atoms with Crippen molar-refractivity contribution < 1.29 is 9.21 Å². The van der Waals surface area contributed by atoms with Crippen molar-refractivity contribution in [2.24, 2.45) is 0 Å². The molecule has 0 aliphatic carbocycles. The van der Waals surface area contributed by atoms with Gasteiger partial charge in [0, 0.05) is 28.2 Å². The van der Waals surface area contributed by atoms with Crippen molar-refractivity contribution in [1.82, 2.24) is 4.98 Å². The van der Waals surface area contributed by atoms with Gasteiger partial charge in [0.1, 0.15) is 11.4 Å². The van der Waals surface area contributed by atoms with Gasteiger partial charge in [0.15, 0.2) is 0 Å². The molecule has 124 valence electrons. The second-order valence-corrected chi connectivity index (χ2v) is 6.76. The number of furan rings is 1. The predicted molar refractivity (Wildman–Crippen MR) is 99.4 cm³/mol. The van der Waals surface area contributed by atoms with E-state index in [4.69, 9.17) is 4.42 Å². The number of hydrogen-bond acceptors (Lipinski definition) is 3. The number of rotatable bonds is 4. The molecule has 0 saturated carbocycles. The third kappa shape index (κ3) is 3.22. The Balaban J connectivity index is 1.88. The fraction of sp³-hybridized carbons (Fsp3) is 0.263. The Labute approximate surface area is 149 Å². The second-order valence-electron chi connectivity index (χ2n) is 5.84. The van der Waals surface area contributed by atoms with Crippen molar-refractivity contribution in [2.75, 3.05) is 11.4 Å². The number of aromatic nitrogens is 1. The highest BCUT2D eigenvalue weighted by Crippen LogP contribution is 2.26. The molecule has 5 heteroatoms. The fourth-order valence-electron chi connectivity index (χ4n) is 2.73. The zero-order valence-corrected chi connectivity index (χ0v) is 15.6. The van der Waals surface area contributed by atoms with E-state index in [1.807, 2.05) is 25.1 Å². The molecule has 1 aromatic carbocycles. The van der Waals surface area contributed by atoms with E-state index >= 15 is 0 Å². The largest absolute Gasteiger partial charge is 0.464 e. The van der Waals surface area contributed by atoms with E-state index in [-0.39, 0.29) is 5.91 Å². The van der Waals surface area contributed by atoms with Crippen molar-refractivity contribution in [3.8, 4) is 0 Å². The van der Waals surface area contributed by atoms with Gasteiger partial charge in [-0.05, 0) is 72.1 Å². The van der Waals surface area contributed by atoms with Gasteiger partial charge in [0.2, 0.25) is 5.91 Å². The lowest BCUT2D eigenvalue weighted by atomic mass is 10.0. The Kier molecular flexibility index (Phi) is 4.71. The molecule has 0 saturated heterocycles. The standard InChI is InChI=1S/C19H19BrN2O2/c1-4-22(18-6-5-15(20)10-21-18)19(23)9-14-11-24-17-8-13(3)12(2)7-16(14)17/h5-8,10-11H,4,9H2,1-3H3. The number of benzene rings is 1. The molecule has 0 unspecified atom stereocenters. The maximum atomic E-state index is 12.8. The maximum absolute atomic E-state index is 12.8. The van der Waals surface area contributed by atoms with Crippen molar-refractivity contribution in [3.63, 3.8) is 0 Å². The summed E-state index contributed by atoms with van der Waals surface area (Å²) in [5.74, 6) is 0.666. The Hall–Kier alpha value is -2.14. The first-order chi connectivity index (χ1) is 11.5. The quantitative estimate of drug-likeness (QED) is 0.646. The summed E-state index contributed by atoms with van der Waals surface area (Å²) in [6.07, 6.45) is 3.68. The second kappa shape index (κ2) is 6.77. The van der Waals surface area contributed by atoms with Gasteiger partial charge >= 0.3 is 0 Å². The first-order valence-electron chi connectivity index (χ1n) is 7.89. The molecule has 4 nitrogen and oxygen atoms in total. The molecule has 2 heterocycles. The SMILES string of the molecule is CCN(C(=O)Cc1coc2cc(C)c(C)cc12)c1ccc(Br)cn1.